The summed E-state index contributed by atoms with van der Waals surface area (Å²) in [5.41, 5.74) is 18.0. The van der Waals surface area contributed by atoms with Crippen LogP contribution in [0.5, 0.6) is 5.75 Å². The van der Waals surface area contributed by atoms with E-state index in [1.165, 1.54) is 41.1 Å². The number of hydrogen-bond donors (Lipinski definition) is 5. The van der Waals surface area contributed by atoms with E-state index in [0.29, 0.717) is 18.8 Å². The minimum absolute atomic E-state index is 0.0162. The van der Waals surface area contributed by atoms with Gasteiger partial charge in [-0.3, -0.25) is 24.0 Å². The van der Waals surface area contributed by atoms with Gasteiger partial charge in [0.25, 0.3) is 0 Å². The van der Waals surface area contributed by atoms with E-state index in [2.05, 4.69) is 81.9 Å². The van der Waals surface area contributed by atoms with Gasteiger partial charge in [-0.2, -0.15) is 0 Å². The highest BCUT2D eigenvalue weighted by Crippen LogP contribution is 2.20. The van der Waals surface area contributed by atoms with Gasteiger partial charge in [-0.15, -0.1) is 0 Å². The number of ether oxygens (including phenoxy) is 3. The van der Waals surface area contributed by atoms with Crippen molar-refractivity contribution in [2.24, 2.45) is 11.0 Å². The molecule has 0 aliphatic carbocycles. The van der Waals surface area contributed by atoms with E-state index in [4.69, 9.17) is 19.7 Å². The lowest BCUT2D eigenvalue weighted by molar-refractivity contribution is -0.146. The molecule has 1 heterocycles. The molecule has 3 aromatic carbocycles. The van der Waals surface area contributed by atoms with Crippen molar-refractivity contribution < 1.29 is 38.2 Å². The van der Waals surface area contributed by atoms with Crippen LogP contribution in [0, 0.1) is 40.5 Å². The molecule has 0 saturated carbocycles. The summed E-state index contributed by atoms with van der Waals surface area (Å²) in [6.45, 7) is 16.8. The van der Waals surface area contributed by atoms with E-state index < -0.39 is 54.1 Å². The van der Waals surface area contributed by atoms with Gasteiger partial charge in [-0.1, -0.05) is 67.5 Å². The topological polar surface area (TPSA) is 239 Å². The van der Waals surface area contributed by atoms with Crippen LogP contribution in [0.3, 0.4) is 0 Å². The van der Waals surface area contributed by atoms with Crippen molar-refractivity contribution in [1.82, 2.24) is 31.2 Å². The molecule has 0 bridgehead atoms. The fourth-order valence-electron chi connectivity index (χ4n) is 6.57. The molecule has 4 rings (SSSR count). The molecule has 17 heteroatoms. The quantitative estimate of drug-likeness (QED) is 0.0185. The summed E-state index contributed by atoms with van der Waals surface area (Å²) < 4.78 is 16.5. The van der Waals surface area contributed by atoms with Crippen LogP contribution in [-0.2, 0) is 52.9 Å². The molecule has 0 saturated heterocycles. The summed E-state index contributed by atoms with van der Waals surface area (Å²) in [5, 5.41) is 14.0. The molecule has 4 amide bonds. The summed E-state index contributed by atoms with van der Waals surface area (Å²) in [6, 6.07) is 15.6. The van der Waals surface area contributed by atoms with Gasteiger partial charge in [-0.05, 0) is 104 Å². The number of aryl methyl sites for hydroxylation is 2. The number of imidazole rings is 1. The second kappa shape index (κ2) is 28.2. The normalized spacial score (nSPS) is 12.0. The number of esters is 1. The fraction of sp³-hybridized carbons (Fsp3) is 0.458. The predicted molar refractivity (Wildman–Crippen MR) is 248 cm³/mol. The molecule has 65 heavy (non-hydrogen) atoms. The number of amides is 4. The number of aromatic nitrogens is 2. The Hall–Kier alpha value is -6.71. The van der Waals surface area contributed by atoms with Gasteiger partial charge in [-0.25, -0.2) is 4.98 Å². The number of nitrogens with zero attached hydrogens (tertiary/aromatic N) is 4. The minimum Gasteiger partial charge on any atom is -0.489 e. The summed E-state index contributed by atoms with van der Waals surface area (Å²) in [4.78, 5) is 75.0. The first kappa shape index (κ1) is 52.6. The van der Waals surface area contributed by atoms with Gasteiger partial charge in [0.2, 0.25) is 23.6 Å². The van der Waals surface area contributed by atoms with Crippen LogP contribution < -0.4 is 26.0 Å². The van der Waals surface area contributed by atoms with Crippen molar-refractivity contribution >= 4 is 29.6 Å². The Morgan fingerprint density at radius 2 is 1.45 bits per heavy atom. The smallest absolute Gasteiger partial charge is 0.308 e. The molecule has 17 nitrogen and oxygen atoms in total. The molecule has 0 fully saturated rings. The zero-order chi connectivity index (χ0) is 47.7. The third-order valence-electron chi connectivity index (χ3n) is 10.5. The summed E-state index contributed by atoms with van der Waals surface area (Å²) in [7, 11) is 0. The van der Waals surface area contributed by atoms with Crippen molar-refractivity contribution in [3.8, 4) is 5.75 Å². The molecule has 0 aliphatic heterocycles. The standard InChI is InChI=1S/C37H49N9O8.C11H16/c1-25(2)19-31(44-37(51)32(43-26(3)47)20-27-9-11-30(12-10-27)54-23-28-7-5-4-6-8-28)36(50)45-33(35(49)40-14-17-52-18-15-42-46-38)21-34(48)53-16-13-29-22-39-24-41-29;1-7-6-8(2)10(4)11(5)9(7)3/h4-12,22,24-25,31-33H,13-21,23H2,1-3H3,(H,39,41)(H,40,49)(H,43,47)(H,44,51)(H,45,50);6H,1-5H3/t31-,32+,33+;/m1./s1. The molecule has 0 unspecified atom stereocenters. The Labute approximate surface area is 381 Å². The lowest BCUT2D eigenvalue weighted by Crippen LogP contribution is -2.57. The number of aromatic amines is 1. The number of nitrogens with one attached hydrogen (secondary N) is 5. The van der Waals surface area contributed by atoms with Gasteiger partial charge in [0.1, 0.15) is 30.5 Å². The van der Waals surface area contributed by atoms with Crippen LogP contribution >= 0.6 is 0 Å². The zero-order valence-electron chi connectivity index (χ0n) is 38.9. The number of carbonyl (C=O) groups excluding carboxylic acids is 5. The molecule has 1 aromatic heterocycles. The van der Waals surface area contributed by atoms with Crippen molar-refractivity contribution in [3.63, 3.8) is 0 Å². The SMILES string of the molecule is CC(=O)N[C@@H](Cc1ccc(OCc2ccccc2)cc1)C(=O)N[C@H](CC(C)C)C(=O)N[C@@H](CC(=O)OCCc1cnc[nH]1)C(=O)NCCOCCN=[N+]=[N-].Cc1cc(C)c(C)c(C)c1C. The number of rotatable bonds is 24. The third kappa shape index (κ3) is 19.7. The minimum atomic E-state index is -1.35. The average molecular weight is 896 g/mol. The third-order valence-corrected chi connectivity index (χ3v) is 10.5. The Balaban J connectivity index is 0.000000887. The Kier molecular flexibility index (Phi) is 22.8. The van der Waals surface area contributed by atoms with E-state index >= 15 is 0 Å². The van der Waals surface area contributed by atoms with Crippen LogP contribution in [0.25, 0.3) is 10.4 Å². The predicted octanol–water partition coefficient (Wildman–Crippen LogP) is 5.90. The van der Waals surface area contributed by atoms with Gasteiger partial charge in [0.05, 0.1) is 32.6 Å². The van der Waals surface area contributed by atoms with E-state index in [9.17, 15) is 24.0 Å². The van der Waals surface area contributed by atoms with Crippen LogP contribution in [0.2, 0.25) is 0 Å². The lowest BCUT2D eigenvalue weighted by Gasteiger charge is -2.26. The Bertz CT molecular complexity index is 2150. The molecule has 0 spiro atoms. The summed E-state index contributed by atoms with van der Waals surface area (Å²) in [6.07, 6.45) is 3.30. The highest BCUT2D eigenvalue weighted by molar-refractivity contribution is 5.95. The summed E-state index contributed by atoms with van der Waals surface area (Å²) >= 11 is 0. The second-order valence-electron chi connectivity index (χ2n) is 16.1. The van der Waals surface area contributed by atoms with Crippen LogP contribution in [0.15, 0.2) is 78.3 Å². The Morgan fingerprint density at radius 3 is 2.06 bits per heavy atom. The molecule has 350 valence electrons. The average Bonchev–Trinajstić information content (AvgIpc) is 3.80. The van der Waals surface area contributed by atoms with Crippen LogP contribution in [0.4, 0.5) is 0 Å². The molecule has 3 atom stereocenters. The van der Waals surface area contributed by atoms with Crippen LogP contribution in [0.1, 0.15) is 78.3 Å². The largest absolute Gasteiger partial charge is 0.489 e. The van der Waals surface area contributed by atoms with Gasteiger partial charge in [0.15, 0.2) is 0 Å². The molecule has 4 aromatic rings. The maximum atomic E-state index is 13.7. The van der Waals surface area contributed by atoms with E-state index in [1.807, 2.05) is 44.2 Å². The molecule has 5 N–H and O–H groups in total. The molecule has 0 aliphatic rings. The number of carbonyl (C=O) groups is 5. The second-order valence-corrected chi connectivity index (χ2v) is 16.1. The van der Waals surface area contributed by atoms with Crippen molar-refractivity contribution in [3.05, 3.63) is 128 Å². The monoisotopic (exact) mass is 895 g/mol. The zero-order valence-corrected chi connectivity index (χ0v) is 38.9. The van der Waals surface area contributed by atoms with Crippen molar-refractivity contribution in [2.45, 2.75) is 106 Å². The lowest BCUT2D eigenvalue weighted by atomic mass is 9.96. The number of H-pyrrole nitrogens is 1. The van der Waals surface area contributed by atoms with Crippen molar-refractivity contribution in [1.29, 1.82) is 0 Å². The molecule has 0 radical (unpaired) electrons. The number of benzene rings is 3. The van der Waals surface area contributed by atoms with Crippen LogP contribution in [-0.4, -0.2) is 90.6 Å². The van der Waals surface area contributed by atoms with Crippen molar-refractivity contribution in [2.75, 3.05) is 32.9 Å². The van der Waals surface area contributed by atoms with Gasteiger partial charge in [0, 0.05) is 49.7 Å². The van der Waals surface area contributed by atoms with Gasteiger partial charge < -0.3 is 40.5 Å². The van der Waals surface area contributed by atoms with Gasteiger partial charge >= 0.3 is 5.97 Å². The highest BCUT2D eigenvalue weighted by atomic mass is 16.5. The number of hydrogen-bond acceptors (Lipinski definition) is 10. The number of azide groups is 1. The summed E-state index contributed by atoms with van der Waals surface area (Å²) in [5.74, 6) is -2.57. The fourth-order valence-corrected chi connectivity index (χ4v) is 6.57. The first-order valence-corrected chi connectivity index (χ1v) is 21.7. The molecular weight excluding hydrogens is 831 g/mol. The first-order valence-electron chi connectivity index (χ1n) is 21.7. The van der Waals surface area contributed by atoms with E-state index in [1.54, 1.807) is 30.5 Å². The maximum absolute atomic E-state index is 13.7. The van der Waals surface area contributed by atoms with E-state index in [-0.39, 0.29) is 51.7 Å². The Morgan fingerprint density at radius 1 is 0.785 bits per heavy atom. The van der Waals surface area contributed by atoms with E-state index in [0.717, 1.165) is 16.8 Å². The maximum Gasteiger partial charge on any atom is 0.308 e. The highest BCUT2D eigenvalue weighted by Gasteiger charge is 2.31. The molecular formula is C48H65N9O8. The first-order chi connectivity index (χ1) is 31.1.